The molecular formula is C18H19N7O2S2. The third-order valence-corrected chi connectivity index (χ3v) is 6.57. The van der Waals surface area contributed by atoms with Crippen LogP contribution in [0.3, 0.4) is 0 Å². The first-order valence-electron chi connectivity index (χ1n) is 9.31. The zero-order valence-corrected chi connectivity index (χ0v) is 17.4. The second-order valence-corrected chi connectivity index (χ2v) is 8.96. The van der Waals surface area contributed by atoms with E-state index in [0.29, 0.717) is 23.2 Å². The van der Waals surface area contributed by atoms with Crippen molar-refractivity contribution < 1.29 is 4.52 Å². The summed E-state index contributed by atoms with van der Waals surface area (Å²) in [6.07, 6.45) is 0. The van der Waals surface area contributed by atoms with Gasteiger partial charge >= 0.3 is 0 Å². The Kier molecular flexibility index (Phi) is 4.96. The predicted molar refractivity (Wildman–Crippen MR) is 110 cm³/mol. The summed E-state index contributed by atoms with van der Waals surface area (Å²) in [4.78, 5) is 27.3. The molecule has 0 atom stereocenters. The Morgan fingerprint density at radius 2 is 1.93 bits per heavy atom. The van der Waals surface area contributed by atoms with Crippen LogP contribution in [0.4, 0.5) is 0 Å². The molecule has 0 saturated carbocycles. The second kappa shape index (κ2) is 7.75. The fourth-order valence-corrected chi connectivity index (χ4v) is 4.97. The Morgan fingerprint density at radius 3 is 2.69 bits per heavy atom. The van der Waals surface area contributed by atoms with Gasteiger partial charge in [-0.05, 0) is 18.4 Å². The summed E-state index contributed by atoms with van der Waals surface area (Å²) in [6, 6.07) is 5.48. The molecule has 0 spiro atoms. The summed E-state index contributed by atoms with van der Waals surface area (Å²) >= 11 is 3.08. The molecular weight excluding hydrogens is 410 g/mol. The van der Waals surface area contributed by atoms with E-state index in [2.05, 4.69) is 30.0 Å². The zero-order valence-electron chi connectivity index (χ0n) is 15.8. The lowest BCUT2D eigenvalue weighted by molar-refractivity contribution is 0.112. The molecule has 1 fully saturated rings. The molecule has 0 N–H and O–H groups in total. The molecule has 0 unspecified atom stereocenters. The first-order chi connectivity index (χ1) is 14.1. The van der Waals surface area contributed by atoms with Gasteiger partial charge in [-0.25, -0.2) is 4.98 Å². The molecule has 11 heteroatoms. The van der Waals surface area contributed by atoms with Gasteiger partial charge in [-0.1, -0.05) is 22.6 Å². The molecule has 0 bridgehead atoms. The van der Waals surface area contributed by atoms with Gasteiger partial charge in [-0.2, -0.15) is 14.6 Å². The molecule has 9 nitrogen and oxygen atoms in total. The second-order valence-electron chi connectivity index (χ2n) is 6.97. The highest BCUT2D eigenvalue weighted by Gasteiger charge is 2.21. The fraction of sp³-hybridized carbons (Fsp3) is 0.389. The lowest BCUT2D eigenvalue weighted by Gasteiger charge is -2.33. The number of aryl methyl sites for hydroxylation is 1. The van der Waals surface area contributed by atoms with Gasteiger partial charge in [0.25, 0.3) is 5.56 Å². The maximum atomic E-state index is 12.0. The normalized spacial score (nSPS) is 16.0. The smallest absolute Gasteiger partial charge is 0.275 e. The number of hydrogen-bond acceptors (Lipinski definition) is 10. The van der Waals surface area contributed by atoms with E-state index in [9.17, 15) is 4.79 Å². The van der Waals surface area contributed by atoms with Crippen molar-refractivity contribution in [2.45, 2.75) is 20.0 Å². The molecule has 0 amide bonds. The summed E-state index contributed by atoms with van der Waals surface area (Å²) in [6.45, 7) is 6.88. The van der Waals surface area contributed by atoms with Crippen molar-refractivity contribution in [3.8, 4) is 10.7 Å². The molecule has 4 aromatic rings. The largest absolute Gasteiger partial charge is 0.338 e. The average molecular weight is 430 g/mol. The number of nitrogens with zero attached hydrogens (tertiary/aromatic N) is 7. The van der Waals surface area contributed by atoms with E-state index in [4.69, 9.17) is 4.52 Å². The van der Waals surface area contributed by atoms with Crippen LogP contribution in [0.25, 0.3) is 15.7 Å². The van der Waals surface area contributed by atoms with Gasteiger partial charge in [0, 0.05) is 37.9 Å². The molecule has 4 aromatic heterocycles. The highest BCUT2D eigenvalue weighted by atomic mass is 32.1. The van der Waals surface area contributed by atoms with Crippen molar-refractivity contribution in [1.82, 2.24) is 34.5 Å². The van der Waals surface area contributed by atoms with Crippen LogP contribution in [0, 0.1) is 6.92 Å². The lowest BCUT2D eigenvalue weighted by Crippen LogP contribution is -2.45. The van der Waals surface area contributed by atoms with Crippen LogP contribution in [-0.2, 0) is 13.1 Å². The number of aromatic nitrogens is 5. The summed E-state index contributed by atoms with van der Waals surface area (Å²) < 4.78 is 6.80. The predicted octanol–water partition coefficient (Wildman–Crippen LogP) is 1.89. The number of fused-ring (bicyclic) bond motifs is 1. The minimum Gasteiger partial charge on any atom is -0.338 e. The molecule has 0 aliphatic carbocycles. The highest BCUT2D eigenvalue weighted by molar-refractivity contribution is 7.16. The summed E-state index contributed by atoms with van der Waals surface area (Å²) in [5, 5.41) is 11.4. The summed E-state index contributed by atoms with van der Waals surface area (Å²) in [5.74, 6) is 1.30. The van der Waals surface area contributed by atoms with Gasteiger partial charge in [0.2, 0.25) is 16.7 Å². The molecule has 0 radical (unpaired) electrons. The van der Waals surface area contributed by atoms with Crippen LogP contribution < -0.4 is 5.56 Å². The minimum absolute atomic E-state index is 0.124. The molecule has 1 aliphatic heterocycles. The van der Waals surface area contributed by atoms with Crippen LogP contribution in [0.1, 0.15) is 16.6 Å². The number of piperazine rings is 1. The van der Waals surface area contributed by atoms with Crippen molar-refractivity contribution in [3.05, 3.63) is 50.5 Å². The topological polar surface area (TPSA) is 92.7 Å². The van der Waals surface area contributed by atoms with Gasteiger partial charge in [-0.3, -0.25) is 14.6 Å². The third kappa shape index (κ3) is 3.99. The van der Waals surface area contributed by atoms with Crippen molar-refractivity contribution in [1.29, 1.82) is 0 Å². The molecule has 1 aliphatic rings. The Bertz CT molecular complexity index is 1170. The Labute approximate surface area is 174 Å². The maximum absolute atomic E-state index is 12.0. The van der Waals surface area contributed by atoms with Gasteiger partial charge in [0.05, 0.1) is 18.0 Å². The number of thiophene rings is 1. The van der Waals surface area contributed by atoms with Crippen LogP contribution in [0.5, 0.6) is 0 Å². The Hall–Kier alpha value is -2.47. The first kappa shape index (κ1) is 18.6. The van der Waals surface area contributed by atoms with E-state index in [1.165, 1.54) is 21.9 Å². The molecule has 0 aromatic carbocycles. The molecule has 5 rings (SSSR count). The zero-order chi connectivity index (χ0) is 19.8. The van der Waals surface area contributed by atoms with Gasteiger partial charge in [0.15, 0.2) is 0 Å². The SMILES string of the molecule is Cc1cc(=O)n2nc(CN3CCN(Cc4nc(-c5cccs5)no4)CC3)sc2n1. The van der Waals surface area contributed by atoms with Gasteiger partial charge < -0.3 is 4.52 Å². The van der Waals surface area contributed by atoms with Crippen molar-refractivity contribution in [2.24, 2.45) is 0 Å². The molecule has 150 valence electrons. The van der Waals surface area contributed by atoms with E-state index in [-0.39, 0.29) is 5.56 Å². The van der Waals surface area contributed by atoms with Crippen molar-refractivity contribution in [2.75, 3.05) is 26.2 Å². The lowest BCUT2D eigenvalue weighted by atomic mass is 10.3. The van der Waals surface area contributed by atoms with Crippen LogP contribution in [0.2, 0.25) is 0 Å². The van der Waals surface area contributed by atoms with Gasteiger partial charge in [-0.15, -0.1) is 11.3 Å². The Morgan fingerprint density at radius 1 is 1.14 bits per heavy atom. The minimum atomic E-state index is -0.124. The standard InChI is InChI=1S/C18H19N7O2S2/c1-12-9-16(26)25-18(19-12)29-15(21-25)11-24-6-4-23(5-7-24)10-14-20-17(22-27-14)13-3-2-8-28-13/h2-3,8-9H,4-7,10-11H2,1H3. The van der Waals surface area contributed by atoms with E-state index < -0.39 is 0 Å². The molecule has 29 heavy (non-hydrogen) atoms. The van der Waals surface area contributed by atoms with E-state index in [0.717, 1.165) is 48.3 Å². The van der Waals surface area contributed by atoms with Gasteiger partial charge in [0.1, 0.15) is 5.01 Å². The molecule has 5 heterocycles. The third-order valence-electron chi connectivity index (χ3n) is 4.81. The summed E-state index contributed by atoms with van der Waals surface area (Å²) in [5.41, 5.74) is 0.600. The van der Waals surface area contributed by atoms with Crippen LogP contribution >= 0.6 is 22.7 Å². The van der Waals surface area contributed by atoms with Crippen molar-refractivity contribution >= 4 is 27.6 Å². The monoisotopic (exact) mass is 429 g/mol. The summed E-state index contributed by atoms with van der Waals surface area (Å²) in [7, 11) is 0. The maximum Gasteiger partial charge on any atom is 0.275 e. The Balaban J connectivity index is 1.18. The number of rotatable bonds is 5. The average Bonchev–Trinajstić information content (AvgIpc) is 3.43. The quantitative estimate of drug-likeness (QED) is 0.475. The van der Waals surface area contributed by atoms with E-state index >= 15 is 0 Å². The van der Waals surface area contributed by atoms with Crippen LogP contribution in [0.15, 0.2) is 32.9 Å². The molecule has 1 saturated heterocycles. The van der Waals surface area contributed by atoms with Crippen molar-refractivity contribution in [3.63, 3.8) is 0 Å². The highest BCUT2D eigenvalue weighted by Crippen LogP contribution is 2.22. The van der Waals surface area contributed by atoms with E-state index in [1.54, 1.807) is 11.3 Å². The first-order valence-corrected chi connectivity index (χ1v) is 11.0. The van der Waals surface area contributed by atoms with E-state index in [1.807, 2.05) is 24.4 Å². The fourth-order valence-electron chi connectivity index (χ4n) is 3.34. The van der Waals surface area contributed by atoms with Crippen LogP contribution in [-0.4, -0.2) is 60.7 Å². The number of hydrogen-bond donors (Lipinski definition) is 0.